The molecule has 3 heteroatoms. The molecule has 1 aromatic rings. The van der Waals surface area contributed by atoms with Crippen molar-refractivity contribution in [2.75, 3.05) is 7.11 Å². The molecule has 0 aromatic carbocycles. The van der Waals surface area contributed by atoms with E-state index in [1.54, 1.807) is 7.11 Å². The monoisotopic (exact) mass is 220 g/mol. The standard InChI is InChI=1S/C13H20N2O/c1-12(2,3)9-8-10(16-5)15-11(14-9)13(4)6-7-13/h8H,6-7H2,1-5H3. The highest BCUT2D eigenvalue weighted by Crippen LogP contribution is 2.46. The van der Waals surface area contributed by atoms with E-state index >= 15 is 0 Å². The fourth-order valence-electron chi connectivity index (χ4n) is 1.59. The summed E-state index contributed by atoms with van der Waals surface area (Å²) in [6.07, 6.45) is 2.37. The molecule has 0 N–H and O–H groups in total. The van der Waals surface area contributed by atoms with Gasteiger partial charge in [-0.25, -0.2) is 4.98 Å². The zero-order valence-corrected chi connectivity index (χ0v) is 10.8. The van der Waals surface area contributed by atoms with Crippen LogP contribution in [0.2, 0.25) is 0 Å². The normalized spacial score (nSPS) is 18.3. The fourth-order valence-corrected chi connectivity index (χ4v) is 1.59. The van der Waals surface area contributed by atoms with E-state index in [0.717, 1.165) is 11.5 Å². The van der Waals surface area contributed by atoms with E-state index in [-0.39, 0.29) is 10.8 Å². The summed E-state index contributed by atoms with van der Waals surface area (Å²) in [6, 6.07) is 1.94. The van der Waals surface area contributed by atoms with Crippen molar-refractivity contribution in [2.24, 2.45) is 0 Å². The number of methoxy groups -OCH3 is 1. The van der Waals surface area contributed by atoms with Crippen LogP contribution in [0.5, 0.6) is 5.88 Å². The smallest absolute Gasteiger partial charge is 0.216 e. The summed E-state index contributed by atoms with van der Waals surface area (Å²) >= 11 is 0. The van der Waals surface area contributed by atoms with Gasteiger partial charge in [-0.2, -0.15) is 4.98 Å². The second-order valence-corrected chi connectivity index (χ2v) is 5.93. The van der Waals surface area contributed by atoms with Crippen LogP contribution in [0.4, 0.5) is 0 Å². The molecule has 0 amide bonds. The molecule has 3 nitrogen and oxygen atoms in total. The first-order valence-corrected chi connectivity index (χ1v) is 5.79. The van der Waals surface area contributed by atoms with Crippen molar-refractivity contribution in [1.82, 2.24) is 9.97 Å². The van der Waals surface area contributed by atoms with Crippen LogP contribution < -0.4 is 4.74 Å². The van der Waals surface area contributed by atoms with Crippen LogP contribution in [0.15, 0.2) is 6.07 Å². The topological polar surface area (TPSA) is 35.0 Å². The first kappa shape index (κ1) is 11.4. The Morgan fingerprint density at radius 1 is 1.25 bits per heavy atom. The van der Waals surface area contributed by atoms with Crippen molar-refractivity contribution in [2.45, 2.75) is 51.4 Å². The van der Waals surface area contributed by atoms with Gasteiger partial charge in [0.05, 0.1) is 12.8 Å². The highest BCUT2D eigenvalue weighted by molar-refractivity contribution is 5.27. The maximum atomic E-state index is 5.26. The van der Waals surface area contributed by atoms with Crippen LogP contribution in [0.25, 0.3) is 0 Å². The third kappa shape index (κ3) is 2.04. The first-order chi connectivity index (χ1) is 7.35. The van der Waals surface area contributed by atoms with E-state index in [4.69, 9.17) is 9.72 Å². The SMILES string of the molecule is COc1cc(C(C)(C)C)nc(C2(C)CC2)n1. The molecule has 88 valence electrons. The van der Waals surface area contributed by atoms with Crippen molar-refractivity contribution in [3.63, 3.8) is 0 Å². The molecule has 1 aliphatic rings. The number of rotatable bonds is 2. The molecule has 0 unspecified atom stereocenters. The summed E-state index contributed by atoms with van der Waals surface area (Å²) in [6.45, 7) is 8.70. The molecule has 1 heterocycles. The second kappa shape index (κ2) is 3.44. The fraction of sp³-hybridized carbons (Fsp3) is 0.692. The summed E-state index contributed by atoms with van der Waals surface area (Å²) in [5.41, 5.74) is 1.28. The molecule has 16 heavy (non-hydrogen) atoms. The average molecular weight is 220 g/mol. The molecule has 1 aromatic heterocycles. The van der Waals surface area contributed by atoms with Crippen LogP contribution >= 0.6 is 0 Å². The van der Waals surface area contributed by atoms with Gasteiger partial charge < -0.3 is 4.74 Å². The van der Waals surface area contributed by atoms with Gasteiger partial charge in [0.2, 0.25) is 5.88 Å². The summed E-state index contributed by atoms with van der Waals surface area (Å²) in [4.78, 5) is 9.16. The third-order valence-corrected chi connectivity index (χ3v) is 3.22. The van der Waals surface area contributed by atoms with Crippen molar-refractivity contribution in [3.05, 3.63) is 17.6 Å². The zero-order valence-electron chi connectivity index (χ0n) is 10.8. The van der Waals surface area contributed by atoms with E-state index in [0.29, 0.717) is 5.88 Å². The Hall–Kier alpha value is -1.12. The van der Waals surface area contributed by atoms with Crippen LogP contribution in [0.1, 0.15) is 52.1 Å². The maximum Gasteiger partial charge on any atom is 0.216 e. The van der Waals surface area contributed by atoms with Gasteiger partial charge in [-0.1, -0.05) is 27.7 Å². The van der Waals surface area contributed by atoms with E-state index < -0.39 is 0 Å². The Kier molecular flexibility index (Phi) is 2.44. The molecule has 1 saturated carbocycles. The summed E-state index contributed by atoms with van der Waals surface area (Å²) in [5.74, 6) is 1.62. The zero-order chi connectivity index (χ0) is 12.0. The van der Waals surface area contributed by atoms with Crippen molar-refractivity contribution in [1.29, 1.82) is 0 Å². The molecule has 0 spiro atoms. The van der Waals surface area contributed by atoms with Gasteiger partial charge in [0.25, 0.3) is 0 Å². The van der Waals surface area contributed by atoms with Crippen molar-refractivity contribution < 1.29 is 4.74 Å². The van der Waals surface area contributed by atoms with Gasteiger partial charge in [-0.3, -0.25) is 0 Å². The molecule has 2 rings (SSSR count). The lowest BCUT2D eigenvalue weighted by Crippen LogP contribution is -2.18. The minimum Gasteiger partial charge on any atom is -0.481 e. The molecule has 1 fully saturated rings. The van der Waals surface area contributed by atoms with Gasteiger partial charge in [0.15, 0.2) is 0 Å². The maximum absolute atomic E-state index is 5.26. The van der Waals surface area contributed by atoms with Crippen molar-refractivity contribution >= 4 is 0 Å². The Bertz CT molecular complexity index is 379. The molecular weight excluding hydrogens is 200 g/mol. The Morgan fingerprint density at radius 3 is 2.31 bits per heavy atom. The Balaban J connectivity index is 2.47. The minimum absolute atomic E-state index is 0.0379. The van der Waals surface area contributed by atoms with E-state index in [9.17, 15) is 0 Å². The highest BCUT2D eigenvalue weighted by atomic mass is 16.5. The number of hydrogen-bond donors (Lipinski definition) is 0. The Labute approximate surface area is 97.3 Å². The number of nitrogens with zero attached hydrogens (tertiary/aromatic N) is 2. The first-order valence-electron chi connectivity index (χ1n) is 5.79. The Morgan fingerprint density at radius 2 is 1.88 bits per heavy atom. The van der Waals surface area contributed by atoms with Gasteiger partial charge >= 0.3 is 0 Å². The molecular formula is C13H20N2O. The average Bonchev–Trinajstić information content (AvgIpc) is 2.96. The highest BCUT2D eigenvalue weighted by Gasteiger charge is 2.42. The largest absolute Gasteiger partial charge is 0.481 e. The molecule has 1 aliphatic carbocycles. The van der Waals surface area contributed by atoms with Crippen LogP contribution in [0, 0.1) is 0 Å². The lowest BCUT2D eigenvalue weighted by atomic mass is 9.91. The van der Waals surface area contributed by atoms with E-state index in [1.807, 2.05) is 6.07 Å². The summed E-state index contributed by atoms with van der Waals surface area (Å²) in [5, 5.41) is 0. The number of ether oxygens (including phenoxy) is 1. The van der Waals surface area contributed by atoms with Crippen LogP contribution in [-0.2, 0) is 10.8 Å². The molecule has 0 atom stereocenters. The number of hydrogen-bond acceptors (Lipinski definition) is 3. The molecule has 0 aliphatic heterocycles. The van der Waals surface area contributed by atoms with E-state index in [2.05, 4.69) is 32.7 Å². The van der Waals surface area contributed by atoms with Gasteiger partial charge in [0, 0.05) is 16.9 Å². The van der Waals surface area contributed by atoms with Crippen LogP contribution in [0.3, 0.4) is 0 Å². The lowest BCUT2D eigenvalue weighted by Gasteiger charge is -2.20. The summed E-state index contributed by atoms with van der Waals surface area (Å²) in [7, 11) is 1.66. The molecule has 0 bridgehead atoms. The van der Waals surface area contributed by atoms with Gasteiger partial charge in [0.1, 0.15) is 5.82 Å². The lowest BCUT2D eigenvalue weighted by molar-refractivity contribution is 0.388. The predicted molar refractivity (Wildman–Crippen MR) is 63.9 cm³/mol. The minimum atomic E-state index is 0.0379. The number of aromatic nitrogens is 2. The summed E-state index contributed by atoms with van der Waals surface area (Å²) < 4.78 is 5.26. The second-order valence-electron chi connectivity index (χ2n) is 5.93. The predicted octanol–water partition coefficient (Wildman–Crippen LogP) is 2.83. The van der Waals surface area contributed by atoms with Crippen LogP contribution in [-0.4, -0.2) is 17.1 Å². The third-order valence-electron chi connectivity index (χ3n) is 3.22. The van der Waals surface area contributed by atoms with Gasteiger partial charge in [-0.15, -0.1) is 0 Å². The molecule has 0 saturated heterocycles. The quantitative estimate of drug-likeness (QED) is 0.768. The molecule has 0 radical (unpaired) electrons. The van der Waals surface area contributed by atoms with Gasteiger partial charge in [-0.05, 0) is 12.8 Å². The van der Waals surface area contributed by atoms with Crippen molar-refractivity contribution in [3.8, 4) is 5.88 Å². The van der Waals surface area contributed by atoms with E-state index in [1.165, 1.54) is 12.8 Å².